The molecule has 0 bridgehead atoms. The Morgan fingerprint density at radius 2 is 1.92 bits per heavy atom. The van der Waals surface area contributed by atoms with Gasteiger partial charge in [0.05, 0.1) is 6.07 Å². The second kappa shape index (κ2) is 9.73. The molecule has 1 atom stereocenters. The van der Waals surface area contributed by atoms with Crippen LogP contribution in [0.5, 0.6) is 0 Å². The standard InChI is InChI=1S/C22H33N3O/c1-4-5-8-18-9-11-19(12-10-18)21(17(2)3)24-15-20(26)25-22(16-23)13-6-7-14-22/h9-12,17,21,24H,4-8,13-15H2,1-3H3,(H,25,26)/p+1/t21-/m0/s1. The fourth-order valence-electron chi connectivity index (χ4n) is 3.88. The predicted molar refractivity (Wildman–Crippen MR) is 104 cm³/mol. The number of aryl methyl sites for hydroxylation is 1. The van der Waals surface area contributed by atoms with Crippen molar-refractivity contribution < 1.29 is 10.1 Å². The molecule has 0 saturated heterocycles. The van der Waals surface area contributed by atoms with Gasteiger partial charge in [-0.2, -0.15) is 5.26 Å². The van der Waals surface area contributed by atoms with Crippen LogP contribution in [-0.4, -0.2) is 18.0 Å². The van der Waals surface area contributed by atoms with E-state index in [1.165, 1.54) is 24.0 Å². The lowest BCUT2D eigenvalue weighted by atomic mass is 9.94. The minimum absolute atomic E-state index is 0.0290. The molecule has 1 amide bonds. The van der Waals surface area contributed by atoms with Gasteiger partial charge in [0.2, 0.25) is 0 Å². The Bertz CT molecular complexity index is 609. The number of hydrogen-bond donors (Lipinski definition) is 2. The fraction of sp³-hybridized carbons (Fsp3) is 0.636. The van der Waals surface area contributed by atoms with E-state index in [2.05, 4.69) is 61.7 Å². The molecule has 0 radical (unpaired) electrons. The summed E-state index contributed by atoms with van der Waals surface area (Å²) in [5, 5.41) is 14.5. The monoisotopic (exact) mass is 356 g/mol. The number of nitrogens with zero attached hydrogens (tertiary/aromatic N) is 1. The zero-order chi connectivity index (χ0) is 19.0. The molecule has 0 aliphatic heterocycles. The van der Waals surface area contributed by atoms with Gasteiger partial charge in [0.25, 0.3) is 5.91 Å². The summed E-state index contributed by atoms with van der Waals surface area (Å²) in [5.41, 5.74) is 2.02. The first-order valence-electron chi connectivity index (χ1n) is 10.1. The van der Waals surface area contributed by atoms with Crippen molar-refractivity contribution in [1.29, 1.82) is 5.26 Å². The minimum Gasteiger partial charge on any atom is -0.333 e. The smallest absolute Gasteiger partial charge is 0.276 e. The first kappa shape index (κ1) is 20.5. The highest BCUT2D eigenvalue weighted by Gasteiger charge is 2.35. The Balaban J connectivity index is 1.93. The second-order valence-corrected chi connectivity index (χ2v) is 8.00. The summed E-state index contributed by atoms with van der Waals surface area (Å²) in [4.78, 5) is 12.4. The van der Waals surface area contributed by atoms with Crippen molar-refractivity contribution in [3.05, 3.63) is 35.4 Å². The number of amides is 1. The summed E-state index contributed by atoms with van der Waals surface area (Å²) >= 11 is 0. The fourth-order valence-corrected chi connectivity index (χ4v) is 3.88. The summed E-state index contributed by atoms with van der Waals surface area (Å²) in [6, 6.07) is 11.4. The van der Waals surface area contributed by atoms with Crippen molar-refractivity contribution in [1.82, 2.24) is 5.32 Å². The SMILES string of the molecule is CCCCc1ccc([C@@H]([NH2+]CC(=O)NC2(C#N)CCCC2)C(C)C)cc1. The predicted octanol–water partition coefficient (Wildman–Crippen LogP) is 3.24. The van der Waals surface area contributed by atoms with E-state index >= 15 is 0 Å². The van der Waals surface area contributed by atoms with Crippen molar-refractivity contribution in [3.8, 4) is 6.07 Å². The Kier molecular flexibility index (Phi) is 7.66. The molecule has 1 aliphatic carbocycles. The number of nitrogens with one attached hydrogen (secondary N) is 1. The molecule has 1 saturated carbocycles. The maximum Gasteiger partial charge on any atom is 0.276 e. The van der Waals surface area contributed by atoms with Gasteiger partial charge in [0, 0.05) is 11.5 Å². The molecule has 1 aromatic carbocycles. The van der Waals surface area contributed by atoms with Crippen LogP contribution < -0.4 is 10.6 Å². The first-order valence-corrected chi connectivity index (χ1v) is 10.1. The zero-order valence-electron chi connectivity index (χ0n) is 16.6. The molecule has 4 nitrogen and oxygen atoms in total. The molecular weight excluding hydrogens is 322 g/mol. The van der Waals surface area contributed by atoms with Crippen molar-refractivity contribution in [3.63, 3.8) is 0 Å². The third kappa shape index (κ3) is 5.57. The van der Waals surface area contributed by atoms with Crippen LogP contribution in [0, 0.1) is 17.2 Å². The quantitative estimate of drug-likeness (QED) is 0.713. The Morgan fingerprint density at radius 1 is 1.27 bits per heavy atom. The Morgan fingerprint density at radius 3 is 2.46 bits per heavy atom. The van der Waals surface area contributed by atoms with Gasteiger partial charge < -0.3 is 10.6 Å². The van der Waals surface area contributed by atoms with Crippen LogP contribution in [0.2, 0.25) is 0 Å². The molecule has 3 N–H and O–H groups in total. The highest BCUT2D eigenvalue weighted by molar-refractivity contribution is 5.78. The lowest BCUT2D eigenvalue weighted by Crippen LogP contribution is -2.88. The van der Waals surface area contributed by atoms with Gasteiger partial charge in [-0.25, -0.2) is 0 Å². The molecule has 0 unspecified atom stereocenters. The summed E-state index contributed by atoms with van der Waals surface area (Å²) in [6.07, 6.45) is 7.17. The lowest BCUT2D eigenvalue weighted by molar-refractivity contribution is -0.692. The summed E-state index contributed by atoms with van der Waals surface area (Å²) in [5.74, 6) is 0.402. The average molecular weight is 357 g/mol. The van der Waals surface area contributed by atoms with E-state index in [1.54, 1.807) is 0 Å². The number of quaternary nitrogens is 1. The molecule has 1 fully saturated rings. The van der Waals surface area contributed by atoms with Gasteiger partial charge >= 0.3 is 0 Å². The van der Waals surface area contributed by atoms with E-state index in [0.717, 1.165) is 32.1 Å². The maximum absolute atomic E-state index is 12.4. The lowest BCUT2D eigenvalue weighted by Gasteiger charge is -2.23. The first-order chi connectivity index (χ1) is 12.5. The molecule has 1 aromatic rings. The molecule has 1 aliphatic rings. The van der Waals surface area contributed by atoms with Gasteiger partial charge in [-0.3, -0.25) is 4.79 Å². The van der Waals surface area contributed by atoms with E-state index < -0.39 is 5.54 Å². The Hall–Kier alpha value is -1.86. The number of hydrogen-bond acceptors (Lipinski definition) is 2. The van der Waals surface area contributed by atoms with Crippen molar-refractivity contribution >= 4 is 5.91 Å². The van der Waals surface area contributed by atoms with E-state index in [1.807, 2.05) is 0 Å². The number of carbonyl (C=O) groups is 1. The van der Waals surface area contributed by atoms with Crippen LogP contribution in [0.25, 0.3) is 0 Å². The number of carbonyl (C=O) groups excluding carboxylic acids is 1. The van der Waals surface area contributed by atoms with Gasteiger partial charge in [-0.1, -0.05) is 51.5 Å². The highest BCUT2D eigenvalue weighted by Crippen LogP contribution is 2.28. The topological polar surface area (TPSA) is 69.5 Å². The third-order valence-corrected chi connectivity index (χ3v) is 5.51. The van der Waals surface area contributed by atoms with Crippen LogP contribution in [0.4, 0.5) is 0 Å². The number of nitrogens with two attached hydrogens (primary N) is 1. The molecule has 4 heteroatoms. The second-order valence-electron chi connectivity index (χ2n) is 8.00. The summed E-state index contributed by atoms with van der Waals surface area (Å²) in [7, 11) is 0. The van der Waals surface area contributed by atoms with E-state index in [4.69, 9.17) is 0 Å². The summed E-state index contributed by atoms with van der Waals surface area (Å²) in [6.45, 7) is 6.96. The van der Waals surface area contributed by atoms with Gasteiger partial charge in [0.1, 0.15) is 11.6 Å². The minimum atomic E-state index is -0.626. The van der Waals surface area contributed by atoms with Crippen LogP contribution in [-0.2, 0) is 11.2 Å². The van der Waals surface area contributed by atoms with Gasteiger partial charge in [-0.05, 0) is 44.1 Å². The molecular formula is C22H34N3O+. The zero-order valence-corrected chi connectivity index (χ0v) is 16.6. The summed E-state index contributed by atoms with van der Waals surface area (Å²) < 4.78 is 0. The maximum atomic E-state index is 12.4. The normalized spacial score (nSPS) is 17.0. The number of benzene rings is 1. The van der Waals surface area contributed by atoms with Gasteiger partial charge in [-0.15, -0.1) is 0 Å². The highest BCUT2D eigenvalue weighted by atomic mass is 16.2. The molecule has 0 aromatic heterocycles. The van der Waals surface area contributed by atoms with Crippen LogP contribution >= 0.6 is 0 Å². The molecule has 142 valence electrons. The molecule has 0 spiro atoms. The van der Waals surface area contributed by atoms with Gasteiger partial charge in [0.15, 0.2) is 6.54 Å². The molecule has 0 heterocycles. The van der Waals surface area contributed by atoms with Crippen LogP contribution in [0.1, 0.15) is 76.5 Å². The van der Waals surface area contributed by atoms with E-state index in [9.17, 15) is 10.1 Å². The van der Waals surface area contributed by atoms with Crippen molar-refractivity contribution in [2.45, 2.75) is 77.3 Å². The van der Waals surface area contributed by atoms with Crippen molar-refractivity contribution in [2.24, 2.45) is 5.92 Å². The van der Waals surface area contributed by atoms with Crippen molar-refractivity contribution in [2.75, 3.05) is 6.54 Å². The largest absolute Gasteiger partial charge is 0.333 e. The van der Waals surface area contributed by atoms with Crippen LogP contribution in [0.3, 0.4) is 0 Å². The number of unbranched alkanes of at least 4 members (excludes halogenated alkanes) is 1. The van der Waals surface area contributed by atoms with E-state index in [-0.39, 0.29) is 11.9 Å². The molecule has 2 rings (SSSR count). The molecule has 26 heavy (non-hydrogen) atoms. The van der Waals surface area contributed by atoms with Crippen LogP contribution in [0.15, 0.2) is 24.3 Å². The number of nitriles is 1. The average Bonchev–Trinajstić information content (AvgIpc) is 3.09. The van der Waals surface area contributed by atoms with E-state index in [0.29, 0.717) is 12.5 Å². The Labute approximate surface area is 158 Å². The number of rotatable bonds is 9. The third-order valence-electron chi connectivity index (χ3n) is 5.51.